The van der Waals surface area contributed by atoms with Gasteiger partial charge in [-0.3, -0.25) is 4.79 Å². The molecule has 0 saturated heterocycles. The summed E-state index contributed by atoms with van der Waals surface area (Å²) in [6, 6.07) is 6.10. The Labute approximate surface area is 106 Å². The predicted molar refractivity (Wildman–Crippen MR) is 64.8 cm³/mol. The number of benzene rings is 1. The lowest BCUT2D eigenvalue weighted by Gasteiger charge is -2.11. The molecule has 0 radical (unpaired) electrons. The summed E-state index contributed by atoms with van der Waals surface area (Å²) >= 11 is 0. The lowest BCUT2D eigenvalue weighted by Crippen LogP contribution is -2.08. The standard InChI is InChI=1S/C12H10F3N3O/c1-16-9-5-7(4-8(6-9)12(13,14)15)10-2-3-11(19)18-17-10/h2-6,16H,1H3,(H,18,19). The average Bonchev–Trinajstić information content (AvgIpc) is 2.38. The molecule has 0 aliphatic heterocycles. The molecule has 0 saturated carbocycles. The van der Waals surface area contributed by atoms with Gasteiger partial charge in [0.2, 0.25) is 0 Å². The molecule has 100 valence electrons. The van der Waals surface area contributed by atoms with Crippen molar-refractivity contribution < 1.29 is 13.2 Å². The minimum absolute atomic E-state index is 0.266. The number of rotatable bonds is 2. The zero-order valence-electron chi connectivity index (χ0n) is 9.88. The quantitative estimate of drug-likeness (QED) is 0.880. The highest BCUT2D eigenvalue weighted by molar-refractivity contribution is 5.66. The first-order valence-electron chi connectivity index (χ1n) is 5.36. The molecule has 0 spiro atoms. The van der Waals surface area contributed by atoms with Crippen LogP contribution in [-0.2, 0) is 6.18 Å². The van der Waals surface area contributed by atoms with E-state index < -0.39 is 17.3 Å². The van der Waals surface area contributed by atoms with E-state index in [1.807, 2.05) is 0 Å². The number of aromatic nitrogens is 2. The van der Waals surface area contributed by atoms with E-state index in [-0.39, 0.29) is 11.3 Å². The van der Waals surface area contributed by atoms with Crippen molar-refractivity contribution in [3.05, 3.63) is 46.2 Å². The predicted octanol–water partition coefficient (Wildman–Crippen LogP) is 2.50. The van der Waals surface area contributed by atoms with Crippen LogP contribution in [0.3, 0.4) is 0 Å². The van der Waals surface area contributed by atoms with Gasteiger partial charge in [0.15, 0.2) is 0 Å². The summed E-state index contributed by atoms with van der Waals surface area (Å²) in [6.07, 6.45) is -4.44. The highest BCUT2D eigenvalue weighted by atomic mass is 19.4. The summed E-state index contributed by atoms with van der Waals surface area (Å²) in [4.78, 5) is 10.9. The van der Waals surface area contributed by atoms with Crippen LogP contribution in [0.5, 0.6) is 0 Å². The van der Waals surface area contributed by atoms with Crippen LogP contribution in [-0.4, -0.2) is 17.2 Å². The van der Waals surface area contributed by atoms with Gasteiger partial charge in [-0.1, -0.05) is 0 Å². The summed E-state index contributed by atoms with van der Waals surface area (Å²) in [5.74, 6) is 0. The van der Waals surface area contributed by atoms with Gasteiger partial charge in [0.05, 0.1) is 11.3 Å². The molecule has 0 aliphatic carbocycles. The number of anilines is 1. The number of hydrogen-bond donors (Lipinski definition) is 2. The van der Waals surface area contributed by atoms with E-state index >= 15 is 0 Å². The molecule has 0 atom stereocenters. The first-order chi connectivity index (χ1) is 8.90. The fraction of sp³-hybridized carbons (Fsp3) is 0.167. The molecule has 0 bridgehead atoms. The van der Waals surface area contributed by atoms with Gasteiger partial charge in [-0.2, -0.15) is 18.3 Å². The van der Waals surface area contributed by atoms with Crippen molar-refractivity contribution in [1.29, 1.82) is 0 Å². The second-order valence-electron chi connectivity index (χ2n) is 3.85. The zero-order chi connectivity index (χ0) is 14.0. The molecule has 1 aromatic carbocycles. The Morgan fingerprint density at radius 2 is 1.95 bits per heavy atom. The van der Waals surface area contributed by atoms with Crippen molar-refractivity contribution in [1.82, 2.24) is 10.2 Å². The molecule has 2 rings (SSSR count). The molecule has 1 aromatic heterocycles. The van der Waals surface area contributed by atoms with Gasteiger partial charge in [0, 0.05) is 24.4 Å². The summed E-state index contributed by atoms with van der Waals surface area (Å²) in [6.45, 7) is 0. The average molecular weight is 269 g/mol. The second kappa shape index (κ2) is 4.75. The fourth-order valence-electron chi connectivity index (χ4n) is 1.59. The van der Waals surface area contributed by atoms with Gasteiger partial charge in [-0.25, -0.2) is 5.10 Å². The largest absolute Gasteiger partial charge is 0.416 e. The molecule has 0 amide bonds. The number of nitrogens with zero attached hydrogens (tertiary/aromatic N) is 1. The number of nitrogens with one attached hydrogen (secondary N) is 2. The molecule has 0 aliphatic rings. The Hall–Kier alpha value is -2.31. The monoisotopic (exact) mass is 269 g/mol. The Kier molecular flexibility index (Phi) is 3.28. The van der Waals surface area contributed by atoms with Crippen LogP contribution in [0.4, 0.5) is 18.9 Å². The van der Waals surface area contributed by atoms with Gasteiger partial charge in [0.25, 0.3) is 5.56 Å². The lowest BCUT2D eigenvalue weighted by molar-refractivity contribution is -0.137. The molecule has 19 heavy (non-hydrogen) atoms. The number of aromatic amines is 1. The third kappa shape index (κ3) is 2.93. The molecule has 4 nitrogen and oxygen atoms in total. The van der Waals surface area contributed by atoms with Gasteiger partial charge in [-0.15, -0.1) is 0 Å². The van der Waals surface area contributed by atoms with Gasteiger partial charge < -0.3 is 5.32 Å². The first-order valence-corrected chi connectivity index (χ1v) is 5.36. The fourth-order valence-corrected chi connectivity index (χ4v) is 1.59. The Bertz CT molecular complexity index is 629. The summed E-state index contributed by atoms with van der Waals surface area (Å²) in [5.41, 5.74) is -0.331. The van der Waals surface area contributed by atoms with Crippen LogP contribution in [0.2, 0.25) is 0 Å². The summed E-state index contributed by atoms with van der Waals surface area (Å²) in [5, 5.41) is 8.56. The lowest BCUT2D eigenvalue weighted by atomic mass is 10.1. The summed E-state index contributed by atoms with van der Waals surface area (Å²) in [7, 11) is 1.53. The smallest absolute Gasteiger partial charge is 0.388 e. The highest BCUT2D eigenvalue weighted by Crippen LogP contribution is 2.34. The molecular weight excluding hydrogens is 259 g/mol. The number of H-pyrrole nitrogens is 1. The van der Waals surface area contributed by atoms with Crippen molar-refractivity contribution in [3.8, 4) is 11.3 Å². The minimum atomic E-state index is -4.44. The van der Waals surface area contributed by atoms with E-state index in [4.69, 9.17) is 0 Å². The molecular formula is C12H10F3N3O. The third-order valence-corrected chi connectivity index (χ3v) is 2.52. The van der Waals surface area contributed by atoms with Crippen molar-refractivity contribution >= 4 is 5.69 Å². The SMILES string of the molecule is CNc1cc(-c2ccc(=O)[nH]n2)cc(C(F)(F)F)c1. The van der Waals surface area contributed by atoms with Crippen LogP contribution in [0.15, 0.2) is 35.1 Å². The maximum atomic E-state index is 12.8. The van der Waals surface area contributed by atoms with Crippen LogP contribution < -0.4 is 10.9 Å². The Morgan fingerprint density at radius 3 is 2.47 bits per heavy atom. The van der Waals surface area contributed by atoms with Crippen LogP contribution in [0.1, 0.15) is 5.56 Å². The minimum Gasteiger partial charge on any atom is -0.388 e. The van der Waals surface area contributed by atoms with E-state index in [0.29, 0.717) is 5.69 Å². The topological polar surface area (TPSA) is 57.8 Å². The zero-order valence-corrected chi connectivity index (χ0v) is 9.88. The van der Waals surface area contributed by atoms with Crippen molar-refractivity contribution in [3.63, 3.8) is 0 Å². The van der Waals surface area contributed by atoms with Crippen LogP contribution >= 0.6 is 0 Å². The van der Waals surface area contributed by atoms with E-state index in [2.05, 4.69) is 15.5 Å². The van der Waals surface area contributed by atoms with Gasteiger partial charge in [-0.05, 0) is 24.3 Å². The molecule has 1 heterocycles. The number of hydrogen-bond acceptors (Lipinski definition) is 3. The Morgan fingerprint density at radius 1 is 1.21 bits per heavy atom. The maximum absolute atomic E-state index is 12.8. The van der Waals surface area contributed by atoms with Crippen molar-refractivity contribution in [2.45, 2.75) is 6.18 Å². The van der Waals surface area contributed by atoms with Crippen molar-refractivity contribution in [2.24, 2.45) is 0 Å². The number of halogens is 3. The van der Waals surface area contributed by atoms with E-state index in [0.717, 1.165) is 12.1 Å². The van der Waals surface area contributed by atoms with Crippen molar-refractivity contribution in [2.75, 3.05) is 12.4 Å². The van der Waals surface area contributed by atoms with E-state index in [1.165, 1.54) is 25.2 Å². The Balaban J connectivity index is 2.57. The van der Waals surface area contributed by atoms with Crippen LogP contribution in [0.25, 0.3) is 11.3 Å². The van der Waals surface area contributed by atoms with E-state index in [1.54, 1.807) is 0 Å². The third-order valence-electron chi connectivity index (χ3n) is 2.52. The second-order valence-corrected chi connectivity index (χ2v) is 3.85. The molecule has 7 heteroatoms. The van der Waals surface area contributed by atoms with Crippen LogP contribution in [0, 0.1) is 0 Å². The van der Waals surface area contributed by atoms with E-state index in [9.17, 15) is 18.0 Å². The normalized spacial score (nSPS) is 11.4. The molecule has 2 N–H and O–H groups in total. The first kappa shape index (κ1) is 13.1. The van der Waals surface area contributed by atoms with Gasteiger partial charge >= 0.3 is 6.18 Å². The molecule has 0 unspecified atom stereocenters. The van der Waals surface area contributed by atoms with Gasteiger partial charge in [0.1, 0.15) is 0 Å². The summed E-state index contributed by atoms with van der Waals surface area (Å²) < 4.78 is 38.3. The number of alkyl halides is 3. The highest BCUT2D eigenvalue weighted by Gasteiger charge is 2.31. The molecule has 2 aromatic rings. The maximum Gasteiger partial charge on any atom is 0.416 e. The molecule has 0 fully saturated rings.